The van der Waals surface area contributed by atoms with Gasteiger partial charge in [0.25, 0.3) is 0 Å². The van der Waals surface area contributed by atoms with Gasteiger partial charge in [0.1, 0.15) is 23.0 Å². The van der Waals surface area contributed by atoms with Crippen molar-refractivity contribution in [1.29, 1.82) is 5.26 Å². The van der Waals surface area contributed by atoms with Gasteiger partial charge in [-0.15, -0.1) is 0 Å². The van der Waals surface area contributed by atoms with E-state index in [9.17, 15) is 19.3 Å². The summed E-state index contributed by atoms with van der Waals surface area (Å²) in [6.07, 6.45) is 0. The first-order valence-corrected chi connectivity index (χ1v) is 3.97. The zero-order chi connectivity index (χ0) is 12.3. The van der Waals surface area contributed by atoms with Gasteiger partial charge in [-0.05, 0) is 12.1 Å². The number of halogens is 1. The first-order chi connectivity index (χ1) is 7.51. The summed E-state index contributed by atoms with van der Waals surface area (Å²) < 4.78 is 17.2. The molecule has 82 valence electrons. The lowest BCUT2D eigenvalue weighted by atomic mass is 10.1. The molecule has 1 aromatic carbocycles. The molecular weight excluding hydrogens is 219 g/mol. The number of hydrogen-bond donors (Lipinski definition) is 0. The lowest BCUT2D eigenvalue weighted by molar-refractivity contribution is -0.385. The van der Waals surface area contributed by atoms with E-state index in [4.69, 9.17) is 5.26 Å². The monoisotopic (exact) mass is 224 g/mol. The third-order valence-corrected chi connectivity index (χ3v) is 1.78. The highest BCUT2D eigenvalue weighted by molar-refractivity contribution is 5.95. The van der Waals surface area contributed by atoms with E-state index in [1.54, 1.807) is 0 Å². The van der Waals surface area contributed by atoms with Gasteiger partial charge in [0, 0.05) is 0 Å². The third-order valence-electron chi connectivity index (χ3n) is 1.78. The van der Waals surface area contributed by atoms with Crippen LogP contribution in [0.4, 0.5) is 10.1 Å². The summed E-state index contributed by atoms with van der Waals surface area (Å²) in [7, 11) is 1.00. The minimum absolute atomic E-state index is 0.523. The molecule has 0 aliphatic carbocycles. The van der Waals surface area contributed by atoms with Gasteiger partial charge in [-0.25, -0.2) is 9.18 Å². The number of hydrogen-bond acceptors (Lipinski definition) is 5. The number of esters is 1. The molecule has 0 saturated carbocycles. The van der Waals surface area contributed by atoms with Gasteiger partial charge in [0.15, 0.2) is 0 Å². The Morgan fingerprint density at radius 2 is 2.25 bits per heavy atom. The van der Waals surface area contributed by atoms with Crippen LogP contribution >= 0.6 is 0 Å². The highest BCUT2D eigenvalue weighted by Crippen LogP contribution is 2.25. The van der Waals surface area contributed by atoms with E-state index in [0.29, 0.717) is 12.1 Å². The van der Waals surface area contributed by atoms with Gasteiger partial charge in [-0.1, -0.05) is 0 Å². The van der Waals surface area contributed by atoms with Crippen LogP contribution in [-0.4, -0.2) is 18.0 Å². The zero-order valence-electron chi connectivity index (χ0n) is 8.06. The van der Waals surface area contributed by atoms with Crippen molar-refractivity contribution in [1.82, 2.24) is 0 Å². The van der Waals surface area contributed by atoms with Crippen molar-refractivity contribution < 1.29 is 18.8 Å². The van der Waals surface area contributed by atoms with Crippen molar-refractivity contribution in [3.05, 3.63) is 39.2 Å². The number of nitriles is 1. The van der Waals surface area contributed by atoms with Crippen molar-refractivity contribution in [2.45, 2.75) is 0 Å². The average Bonchev–Trinajstić information content (AvgIpc) is 2.26. The summed E-state index contributed by atoms with van der Waals surface area (Å²) in [5, 5.41) is 19.3. The molecule has 7 heteroatoms. The second kappa shape index (κ2) is 4.35. The Kier molecular flexibility index (Phi) is 3.15. The Bertz CT molecular complexity index is 507. The van der Waals surface area contributed by atoms with Gasteiger partial charge in [0.2, 0.25) is 0 Å². The molecule has 0 spiro atoms. The number of ether oxygens (including phenoxy) is 1. The topological polar surface area (TPSA) is 93.2 Å². The summed E-state index contributed by atoms with van der Waals surface area (Å²) in [5.41, 5.74) is -1.86. The van der Waals surface area contributed by atoms with Crippen LogP contribution in [0.2, 0.25) is 0 Å². The maximum Gasteiger partial charge on any atom is 0.345 e. The van der Waals surface area contributed by atoms with Crippen LogP contribution in [0.15, 0.2) is 12.1 Å². The van der Waals surface area contributed by atoms with Crippen LogP contribution in [0.3, 0.4) is 0 Å². The number of carbonyl (C=O) groups is 1. The number of benzene rings is 1. The predicted octanol–water partition coefficient (Wildman–Crippen LogP) is 1.39. The summed E-state index contributed by atoms with van der Waals surface area (Å²) in [6, 6.07) is 2.79. The molecule has 0 unspecified atom stereocenters. The molecule has 0 bridgehead atoms. The quantitative estimate of drug-likeness (QED) is 0.430. The Balaban J connectivity index is 3.58. The fourth-order valence-electron chi connectivity index (χ4n) is 1.15. The van der Waals surface area contributed by atoms with E-state index in [-0.39, 0.29) is 0 Å². The van der Waals surface area contributed by atoms with Crippen molar-refractivity contribution in [2.75, 3.05) is 7.11 Å². The van der Waals surface area contributed by atoms with Gasteiger partial charge in [0.05, 0.1) is 12.0 Å². The number of carbonyl (C=O) groups excluding carboxylic acids is 1. The SMILES string of the molecule is COC(=O)c1cc(F)cc(C#N)c1[N+](=O)[O-]. The van der Waals surface area contributed by atoms with E-state index in [2.05, 4.69) is 4.74 Å². The summed E-state index contributed by atoms with van der Waals surface area (Å²) in [4.78, 5) is 20.9. The first-order valence-electron chi connectivity index (χ1n) is 3.97. The predicted molar refractivity (Wildman–Crippen MR) is 49.1 cm³/mol. The normalized spacial score (nSPS) is 9.31. The summed E-state index contributed by atoms with van der Waals surface area (Å²) in [6.45, 7) is 0. The Hall–Kier alpha value is -2.49. The number of nitrogens with zero attached hydrogens (tertiary/aromatic N) is 2. The van der Waals surface area contributed by atoms with Crippen molar-refractivity contribution in [3.8, 4) is 6.07 Å². The van der Waals surface area contributed by atoms with Crippen molar-refractivity contribution >= 4 is 11.7 Å². The van der Waals surface area contributed by atoms with Crippen LogP contribution in [0, 0.1) is 27.3 Å². The minimum atomic E-state index is -1.07. The fourth-order valence-corrected chi connectivity index (χ4v) is 1.15. The molecule has 1 aromatic rings. The van der Waals surface area contributed by atoms with Gasteiger partial charge in [-0.3, -0.25) is 10.1 Å². The molecule has 16 heavy (non-hydrogen) atoms. The number of nitro groups is 1. The molecule has 0 amide bonds. The van der Waals surface area contributed by atoms with Gasteiger partial charge < -0.3 is 4.74 Å². The second-order valence-electron chi connectivity index (χ2n) is 2.71. The van der Waals surface area contributed by atoms with E-state index in [1.165, 1.54) is 6.07 Å². The molecule has 0 aliphatic heterocycles. The molecule has 1 rings (SSSR count). The Labute approximate surface area is 89.0 Å². The average molecular weight is 224 g/mol. The highest BCUT2D eigenvalue weighted by atomic mass is 19.1. The number of methoxy groups -OCH3 is 1. The minimum Gasteiger partial charge on any atom is -0.465 e. The molecule has 0 heterocycles. The van der Waals surface area contributed by atoms with Crippen LogP contribution in [0.5, 0.6) is 0 Å². The lowest BCUT2D eigenvalue weighted by Gasteiger charge is -2.02. The Morgan fingerprint density at radius 3 is 2.69 bits per heavy atom. The molecule has 0 atom stereocenters. The summed E-state index contributed by atoms with van der Waals surface area (Å²) >= 11 is 0. The van der Waals surface area contributed by atoms with E-state index >= 15 is 0 Å². The molecule has 0 aliphatic rings. The molecule has 0 aromatic heterocycles. The number of rotatable bonds is 2. The lowest BCUT2D eigenvalue weighted by Crippen LogP contribution is -2.08. The summed E-state index contributed by atoms with van der Waals surface area (Å²) in [5.74, 6) is -1.98. The third kappa shape index (κ3) is 1.95. The highest BCUT2D eigenvalue weighted by Gasteiger charge is 2.26. The zero-order valence-corrected chi connectivity index (χ0v) is 8.06. The van der Waals surface area contributed by atoms with Crippen LogP contribution in [-0.2, 0) is 4.74 Å². The first kappa shape index (κ1) is 11.6. The van der Waals surface area contributed by atoms with E-state index < -0.39 is 33.5 Å². The van der Waals surface area contributed by atoms with Crippen molar-refractivity contribution in [3.63, 3.8) is 0 Å². The van der Waals surface area contributed by atoms with Gasteiger partial charge in [-0.2, -0.15) is 5.26 Å². The van der Waals surface area contributed by atoms with E-state index in [1.807, 2.05) is 0 Å². The Morgan fingerprint density at radius 1 is 1.62 bits per heavy atom. The molecule has 0 N–H and O–H groups in total. The molecular formula is C9H5FN2O4. The maximum atomic E-state index is 13.0. The molecule has 0 saturated heterocycles. The van der Waals surface area contributed by atoms with Gasteiger partial charge >= 0.3 is 11.7 Å². The molecule has 6 nitrogen and oxygen atoms in total. The largest absolute Gasteiger partial charge is 0.465 e. The smallest absolute Gasteiger partial charge is 0.345 e. The number of nitro benzene ring substituents is 1. The van der Waals surface area contributed by atoms with Crippen molar-refractivity contribution in [2.24, 2.45) is 0 Å². The molecule has 0 fully saturated rings. The molecule has 0 radical (unpaired) electrons. The van der Waals surface area contributed by atoms with E-state index in [0.717, 1.165) is 7.11 Å². The van der Waals surface area contributed by atoms with Crippen LogP contribution in [0.1, 0.15) is 15.9 Å². The standard InChI is InChI=1S/C9H5FN2O4/c1-16-9(13)7-3-6(10)2-5(4-11)8(7)12(14)15/h2-3H,1H3. The van der Waals surface area contributed by atoms with Crippen LogP contribution in [0.25, 0.3) is 0 Å². The maximum absolute atomic E-state index is 13.0. The second-order valence-corrected chi connectivity index (χ2v) is 2.71. The van der Waals surface area contributed by atoms with Crippen LogP contribution < -0.4 is 0 Å². The fraction of sp³-hybridized carbons (Fsp3) is 0.111.